The number of hydrogen-bond acceptors (Lipinski definition) is 2. The Kier molecular flexibility index (Phi) is 5.34. The highest BCUT2D eigenvalue weighted by atomic mass is 79.9. The van der Waals surface area contributed by atoms with Crippen molar-refractivity contribution in [1.82, 2.24) is 5.32 Å². The number of nitrogens with one attached hydrogen (secondary N) is 1. The van der Waals surface area contributed by atoms with E-state index in [1.54, 1.807) is 19.1 Å². The predicted molar refractivity (Wildman–Crippen MR) is 86.3 cm³/mol. The molecule has 1 atom stereocenters. The number of thiophene rings is 1. The van der Waals surface area contributed by atoms with Crippen LogP contribution in [0.1, 0.15) is 29.7 Å². The van der Waals surface area contributed by atoms with Gasteiger partial charge < -0.3 is 5.32 Å². The minimum Gasteiger partial charge on any atom is -0.306 e. The van der Waals surface area contributed by atoms with Crippen LogP contribution in [-0.2, 0) is 0 Å². The van der Waals surface area contributed by atoms with Crippen molar-refractivity contribution in [3.8, 4) is 0 Å². The van der Waals surface area contributed by atoms with Gasteiger partial charge in [0.15, 0.2) is 11.6 Å². The maximum absolute atomic E-state index is 14.2. The van der Waals surface area contributed by atoms with Gasteiger partial charge in [-0.2, -0.15) is 0 Å². The highest BCUT2D eigenvalue weighted by Crippen LogP contribution is 2.38. The third-order valence-electron chi connectivity index (χ3n) is 3.02. The monoisotopic (exact) mass is 423 g/mol. The lowest BCUT2D eigenvalue weighted by atomic mass is 9.99. The molecule has 0 aliphatic heterocycles. The van der Waals surface area contributed by atoms with Crippen LogP contribution in [0.4, 0.5) is 8.78 Å². The molecule has 1 nitrogen and oxygen atoms in total. The van der Waals surface area contributed by atoms with Gasteiger partial charge in [-0.1, -0.05) is 19.1 Å². The molecule has 0 saturated carbocycles. The lowest BCUT2D eigenvalue weighted by Gasteiger charge is -2.19. The summed E-state index contributed by atoms with van der Waals surface area (Å²) < 4.78 is 29.9. The standard InChI is InChI=1S/C14H13Br2F2NS/c1-3-19-13(9-6-10(15)20-14(9)16)8-5-4-7(2)11(17)12(8)18/h4-6,13,19H,3H2,1-2H3. The maximum Gasteiger partial charge on any atom is 0.164 e. The van der Waals surface area contributed by atoms with Gasteiger partial charge in [0, 0.05) is 5.56 Å². The number of rotatable bonds is 4. The Bertz CT molecular complexity index is 628. The van der Waals surface area contributed by atoms with Crippen molar-refractivity contribution < 1.29 is 8.78 Å². The van der Waals surface area contributed by atoms with E-state index in [1.165, 1.54) is 11.3 Å². The third-order valence-corrected chi connectivity index (χ3v) is 5.40. The van der Waals surface area contributed by atoms with E-state index in [2.05, 4.69) is 37.2 Å². The first-order chi connectivity index (χ1) is 9.45. The zero-order chi connectivity index (χ0) is 14.9. The second kappa shape index (κ2) is 6.64. The van der Waals surface area contributed by atoms with Crippen LogP contribution < -0.4 is 5.32 Å². The van der Waals surface area contributed by atoms with Gasteiger partial charge in [-0.05, 0) is 62.5 Å². The summed E-state index contributed by atoms with van der Waals surface area (Å²) in [5, 5.41) is 3.21. The zero-order valence-corrected chi connectivity index (χ0v) is 14.9. The highest BCUT2D eigenvalue weighted by Gasteiger charge is 2.23. The Balaban J connectivity index is 2.54. The van der Waals surface area contributed by atoms with E-state index in [1.807, 2.05) is 13.0 Å². The quantitative estimate of drug-likeness (QED) is 0.677. The van der Waals surface area contributed by atoms with Crippen LogP contribution in [-0.4, -0.2) is 6.54 Å². The molecule has 0 spiro atoms. The topological polar surface area (TPSA) is 12.0 Å². The molecule has 1 heterocycles. The SMILES string of the molecule is CCNC(c1cc(Br)sc1Br)c1ccc(C)c(F)c1F. The van der Waals surface area contributed by atoms with E-state index >= 15 is 0 Å². The smallest absolute Gasteiger partial charge is 0.164 e. The van der Waals surface area contributed by atoms with E-state index in [-0.39, 0.29) is 6.04 Å². The lowest BCUT2D eigenvalue weighted by Crippen LogP contribution is -2.23. The van der Waals surface area contributed by atoms with E-state index in [0.717, 1.165) is 13.1 Å². The first-order valence-electron chi connectivity index (χ1n) is 6.08. The maximum atomic E-state index is 14.2. The van der Waals surface area contributed by atoms with Gasteiger partial charge in [-0.3, -0.25) is 0 Å². The van der Waals surface area contributed by atoms with Crippen LogP contribution in [0.15, 0.2) is 25.8 Å². The molecule has 2 rings (SSSR count). The van der Waals surface area contributed by atoms with Gasteiger partial charge in [0.1, 0.15) is 0 Å². The Morgan fingerprint density at radius 2 is 1.90 bits per heavy atom. The molecule has 20 heavy (non-hydrogen) atoms. The Morgan fingerprint density at radius 3 is 2.45 bits per heavy atom. The molecule has 1 N–H and O–H groups in total. The van der Waals surface area contributed by atoms with Crippen LogP contribution in [0.5, 0.6) is 0 Å². The third kappa shape index (κ3) is 3.13. The van der Waals surface area contributed by atoms with E-state index in [0.29, 0.717) is 17.7 Å². The van der Waals surface area contributed by atoms with Crippen LogP contribution in [0.25, 0.3) is 0 Å². The molecule has 1 aromatic carbocycles. The molecule has 1 unspecified atom stereocenters. The number of halogens is 4. The number of benzene rings is 1. The molecule has 0 aliphatic rings. The molecule has 2 aromatic rings. The first kappa shape index (κ1) is 16.1. The molecule has 0 saturated heterocycles. The van der Waals surface area contributed by atoms with Crippen molar-refractivity contribution in [3.05, 3.63) is 54.1 Å². The minimum atomic E-state index is -0.787. The van der Waals surface area contributed by atoms with Crippen LogP contribution in [0.3, 0.4) is 0 Å². The van der Waals surface area contributed by atoms with E-state index in [4.69, 9.17) is 0 Å². The molecule has 108 valence electrons. The van der Waals surface area contributed by atoms with Gasteiger partial charge in [-0.25, -0.2) is 8.78 Å². The van der Waals surface area contributed by atoms with Gasteiger partial charge in [-0.15, -0.1) is 11.3 Å². The summed E-state index contributed by atoms with van der Waals surface area (Å²) >= 11 is 8.40. The molecule has 0 aliphatic carbocycles. The summed E-state index contributed by atoms with van der Waals surface area (Å²) in [5.41, 5.74) is 1.53. The van der Waals surface area contributed by atoms with Gasteiger partial charge in [0.25, 0.3) is 0 Å². The summed E-state index contributed by atoms with van der Waals surface area (Å²) in [6, 6.07) is 4.78. The van der Waals surface area contributed by atoms with Gasteiger partial charge in [0.05, 0.1) is 13.6 Å². The van der Waals surface area contributed by atoms with Crippen LogP contribution >= 0.6 is 43.2 Å². The molecule has 0 amide bonds. The Labute approximate surface area is 137 Å². The van der Waals surface area contributed by atoms with E-state index in [9.17, 15) is 8.78 Å². The molecule has 0 fully saturated rings. The number of hydrogen-bond donors (Lipinski definition) is 1. The molecule has 1 aromatic heterocycles. The molecular formula is C14H13Br2F2NS. The summed E-state index contributed by atoms with van der Waals surface area (Å²) in [4.78, 5) is 0. The summed E-state index contributed by atoms with van der Waals surface area (Å²) in [6.45, 7) is 4.14. The predicted octanol–water partition coefficient (Wildman–Crippen LogP) is 5.56. The second-order valence-electron chi connectivity index (χ2n) is 4.37. The fourth-order valence-electron chi connectivity index (χ4n) is 2.03. The van der Waals surface area contributed by atoms with Crippen molar-refractivity contribution in [2.24, 2.45) is 0 Å². The first-order valence-corrected chi connectivity index (χ1v) is 8.48. The highest BCUT2D eigenvalue weighted by molar-refractivity contribution is 9.12. The van der Waals surface area contributed by atoms with Gasteiger partial charge in [0.2, 0.25) is 0 Å². The normalized spacial score (nSPS) is 12.7. The molecule has 0 bridgehead atoms. The average molecular weight is 425 g/mol. The summed E-state index contributed by atoms with van der Waals surface area (Å²) in [6.07, 6.45) is 0. The number of aryl methyl sites for hydroxylation is 1. The fourth-order valence-corrected chi connectivity index (χ4v) is 4.93. The van der Waals surface area contributed by atoms with Crippen molar-refractivity contribution in [3.63, 3.8) is 0 Å². The average Bonchev–Trinajstić information content (AvgIpc) is 2.73. The molecular weight excluding hydrogens is 412 g/mol. The second-order valence-corrected chi connectivity index (χ2v) is 8.12. The zero-order valence-electron chi connectivity index (χ0n) is 10.9. The lowest BCUT2D eigenvalue weighted by molar-refractivity contribution is 0.478. The molecule has 6 heteroatoms. The fraction of sp³-hybridized carbons (Fsp3) is 0.286. The minimum absolute atomic E-state index is 0.312. The summed E-state index contributed by atoms with van der Waals surface area (Å²) in [7, 11) is 0. The van der Waals surface area contributed by atoms with Crippen LogP contribution in [0.2, 0.25) is 0 Å². The summed E-state index contributed by atoms with van der Waals surface area (Å²) in [5.74, 6) is -1.57. The van der Waals surface area contributed by atoms with E-state index < -0.39 is 11.6 Å². The van der Waals surface area contributed by atoms with Crippen molar-refractivity contribution in [1.29, 1.82) is 0 Å². The van der Waals surface area contributed by atoms with Crippen LogP contribution in [0, 0.1) is 18.6 Å². The Morgan fingerprint density at radius 1 is 1.20 bits per heavy atom. The van der Waals surface area contributed by atoms with Crippen molar-refractivity contribution in [2.45, 2.75) is 19.9 Å². The van der Waals surface area contributed by atoms with Crippen molar-refractivity contribution in [2.75, 3.05) is 6.54 Å². The largest absolute Gasteiger partial charge is 0.306 e. The van der Waals surface area contributed by atoms with Gasteiger partial charge >= 0.3 is 0 Å². The molecule has 0 radical (unpaired) electrons. The Hall–Kier alpha value is -0.300. The van der Waals surface area contributed by atoms with Crippen molar-refractivity contribution >= 4 is 43.2 Å².